The number of benzene rings is 2. The normalized spacial score (nSPS) is 18.4. The molecule has 2 aliphatic heterocycles. The molecule has 202 valence electrons. The van der Waals surface area contributed by atoms with Gasteiger partial charge in [0, 0.05) is 62.9 Å². The van der Waals surface area contributed by atoms with Crippen molar-refractivity contribution in [2.24, 2.45) is 5.92 Å². The molecule has 0 radical (unpaired) electrons. The highest BCUT2D eigenvalue weighted by Crippen LogP contribution is 2.34. The fraction of sp³-hybridized carbons (Fsp3) is 0.483. The molecule has 2 N–H and O–H groups in total. The van der Waals surface area contributed by atoms with Gasteiger partial charge in [0.15, 0.2) is 0 Å². The summed E-state index contributed by atoms with van der Waals surface area (Å²) < 4.78 is 5.29. The number of rotatable bonds is 6. The predicted molar refractivity (Wildman–Crippen MR) is 147 cm³/mol. The summed E-state index contributed by atoms with van der Waals surface area (Å²) in [4.78, 5) is 45.2. The van der Waals surface area contributed by atoms with Gasteiger partial charge in [0.1, 0.15) is 5.75 Å². The van der Waals surface area contributed by atoms with Crippen LogP contribution in [0.2, 0.25) is 0 Å². The topological polar surface area (TPSA) is 94.2 Å². The van der Waals surface area contributed by atoms with Crippen molar-refractivity contribution in [2.75, 3.05) is 69.7 Å². The van der Waals surface area contributed by atoms with Crippen molar-refractivity contribution < 1.29 is 19.1 Å². The molecule has 0 atom stereocenters. The van der Waals surface area contributed by atoms with Crippen molar-refractivity contribution >= 4 is 29.1 Å². The Labute approximate surface area is 224 Å². The van der Waals surface area contributed by atoms with Gasteiger partial charge in [-0.15, -0.1) is 0 Å². The van der Waals surface area contributed by atoms with Crippen LogP contribution in [0, 0.1) is 5.92 Å². The van der Waals surface area contributed by atoms with E-state index in [1.54, 1.807) is 13.2 Å². The molecule has 3 fully saturated rings. The molecule has 2 saturated heterocycles. The number of carbonyl (C=O) groups excluding carboxylic acids is 3. The Morgan fingerprint density at radius 1 is 0.842 bits per heavy atom. The number of ether oxygens (including phenoxy) is 1. The minimum absolute atomic E-state index is 0.00639. The van der Waals surface area contributed by atoms with Gasteiger partial charge in [0.05, 0.1) is 18.5 Å². The molecular weight excluding hydrogens is 482 g/mol. The summed E-state index contributed by atoms with van der Waals surface area (Å²) in [6.45, 7) is 5.69. The standard InChI is InChI=1S/C29H37N5O4/c1-38-24-6-2-5-22(19-24)28(36)34-15-4-14-32(17-18-34)26-10-9-23(20-25(26)31-27(35)21-7-8-21)29(37)33-13-3-11-30-12-16-33/h2,5-6,9-10,19-21,30H,3-4,7-8,11-18H2,1H3,(H,31,35). The van der Waals surface area contributed by atoms with Crippen molar-refractivity contribution in [3.63, 3.8) is 0 Å². The lowest BCUT2D eigenvalue weighted by atomic mass is 10.1. The lowest BCUT2D eigenvalue weighted by Crippen LogP contribution is -2.35. The largest absolute Gasteiger partial charge is 0.497 e. The number of methoxy groups -OCH3 is 1. The molecule has 9 nitrogen and oxygen atoms in total. The molecule has 3 aliphatic rings. The van der Waals surface area contributed by atoms with Crippen molar-refractivity contribution in [1.29, 1.82) is 0 Å². The number of hydrogen-bond acceptors (Lipinski definition) is 6. The van der Waals surface area contributed by atoms with Crippen LogP contribution in [0.4, 0.5) is 11.4 Å². The first kappa shape index (κ1) is 26.0. The number of hydrogen-bond donors (Lipinski definition) is 2. The van der Waals surface area contributed by atoms with Crippen LogP contribution in [0.5, 0.6) is 5.75 Å². The summed E-state index contributed by atoms with van der Waals surface area (Å²) in [5, 5.41) is 6.45. The smallest absolute Gasteiger partial charge is 0.254 e. The van der Waals surface area contributed by atoms with E-state index in [0.717, 1.165) is 57.5 Å². The molecule has 0 bridgehead atoms. The van der Waals surface area contributed by atoms with E-state index >= 15 is 0 Å². The molecule has 2 aromatic carbocycles. The van der Waals surface area contributed by atoms with Gasteiger partial charge in [-0.25, -0.2) is 0 Å². The summed E-state index contributed by atoms with van der Waals surface area (Å²) in [6, 6.07) is 12.9. The molecule has 1 saturated carbocycles. The van der Waals surface area contributed by atoms with Gasteiger partial charge in [0.25, 0.3) is 11.8 Å². The molecule has 2 heterocycles. The van der Waals surface area contributed by atoms with Crippen LogP contribution in [0.25, 0.3) is 0 Å². The van der Waals surface area contributed by atoms with Crippen LogP contribution in [-0.4, -0.2) is 87.0 Å². The molecule has 2 aromatic rings. The van der Waals surface area contributed by atoms with E-state index in [2.05, 4.69) is 15.5 Å². The van der Waals surface area contributed by atoms with Crippen LogP contribution in [0.1, 0.15) is 46.4 Å². The zero-order chi connectivity index (χ0) is 26.5. The highest BCUT2D eigenvalue weighted by atomic mass is 16.5. The highest BCUT2D eigenvalue weighted by Gasteiger charge is 2.31. The van der Waals surface area contributed by atoms with Crippen molar-refractivity contribution in [3.8, 4) is 5.75 Å². The minimum Gasteiger partial charge on any atom is -0.497 e. The van der Waals surface area contributed by atoms with Crippen LogP contribution in [0.15, 0.2) is 42.5 Å². The van der Waals surface area contributed by atoms with Crippen molar-refractivity contribution in [2.45, 2.75) is 25.7 Å². The molecule has 0 aromatic heterocycles. The summed E-state index contributed by atoms with van der Waals surface area (Å²) in [7, 11) is 1.59. The number of anilines is 2. The van der Waals surface area contributed by atoms with E-state index in [-0.39, 0.29) is 23.6 Å². The first-order valence-electron chi connectivity index (χ1n) is 13.7. The molecule has 5 rings (SSSR count). The van der Waals surface area contributed by atoms with Crippen molar-refractivity contribution in [3.05, 3.63) is 53.6 Å². The summed E-state index contributed by atoms with van der Waals surface area (Å²) >= 11 is 0. The van der Waals surface area contributed by atoms with E-state index in [9.17, 15) is 14.4 Å². The number of amides is 3. The maximum Gasteiger partial charge on any atom is 0.254 e. The van der Waals surface area contributed by atoms with Crippen LogP contribution >= 0.6 is 0 Å². The lowest BCUT2D eigenvalue weighted by molar-refractivity contribution is -0.117. The first-order valence-corrected chi connectivity index (χ1v) is 13.7. The van der Waals surface area contributed by atoms with Crippen LogP contribution < -0.4 is 20.3 Å². The second-order valence-electron chi connectivity index (χ2n) is 10.3. The van der Waals surface area contributed by atoms with E-state index in [0.29, 0.717) is 48.7 Å². The third-order valence-corrected chi connectivity index (χ3v) is 7.52. The Kier molecular flexibility index (Phi) is 8.12. The molecule has 1 aliphatic carbocycles. The van der Waals surface area contributed by atoms with Gasteiger partial charge >= 0.3 is 0 Å². The average molecular weight is 520 g/mol. The van der Waals surface area contributed by atoms with Gasteiger partial charge in [0.2, 0.25) is 5.91 Å². The molecular formula is C29H37N5O4. The molecule has 3 amide bonds. The number of carbonyl (C=O) groups is 3. The van der Waals surface area contributed by atoms with Crippen LogP contribution in [0.3, 0.4) is 0 Å². The third kappa shape index (κ3) is 6.10. The van der Waals surface area contributed by atoms with Gasteiger partial charge < -0.3 is 30.1 Å². The molecule has 0 unspecified atom stereocenters. The quantitative estimate of drug-likeness (QED) is 0.610. The second-order valence-corrected chi connectivity index (χ2v) is 10.3. The molecule has 0 spiro atoms. The van der Waals surface area contributed by atoms with Crippen LogP contribution in [-0.2, 0) is 4.79 Å². The van der Waals surface area contributed by atoms with E-state index in [1.165, 1.54) is 0 Å². The maximum atomic E-state index is 13.3. The number of nitrogens with one attached hydrogen (secondary N) is 2. The SMILES string of the molecule is COc1cccc(C(=O)N2CCCN(c3ccc(C(=O)N4CCCNCC4)cc3NC(=O)C3CC3)CC2)c1. The van der Waals surface area contributed by atoms with Gasteiger partial charge in [-0.05, 0) is 68.6 Å². The molecule has 9 heteroatoms. The number of nitrogens with zero attached hydrogens (tertiary/aromatic N) is 3. The zero-order valence-electron chi connectivity index (χ0n) is 22.1. The Balaban J connectivity index is 1.34. The third-order valence-electron chi connectivity index (χ3n) is 7.52. The van der Waals surface area contributed by atoms with Gasteiger partial charge in [-0.3, -0.25) is 14.4 Å². The van der Waals surface area contributed by atoms with Crippen molar-refractivity contribution in [1.82, 2.24) is 15.1 Å². The monoisotopic (exact) mass is 519 g/mol. The van der Waals surface area contributed by atoms with E-state index in [1.807, 2.05) is 46.2 Å². The van der Waals surface area contributed by atoms with Gasteiger partial charge in [-0.2, -0.15) is 0 Å². The van der Waals surface area contributed by atoms with E-state index < -0.39 is 0 Å². The van der Waals surface area contributed by atoms with E-state index in [4.69, 9.17) is 4.74 Å². The average Bonchev–Trinajstić information content (AvgIpc) is 3.81. The summed E-state index contributed by atoms with van der Waals surface area (Å²) in [5.74, 6) is 0.710. The zero-order valence-corrected chi connectivity index (χ0v) is 22.1. The summed E-state index contributed by atoms with van der Waals surface area (Å²) in [6.07, 6.45) is 3.54. The Hall–Kier alpha value is -3.59. The Bertz CT molecular complexity index is 1170. The Morgan fingerprint density at radius 2 is 1.61 bits per heavy atom. The first-order chi connectivity index (χ1) is 18.5. The predicted octanol–water partition coefficient (Wildman–Crippen LogP) is 2.83. The minimum atomic E-state index is -0.0131. The lowest BCUT2D eigenvalue weighted by Gasteiger charge is -2.27. The second kappa shape index (κ2) is 11.9. The fourth-order valence-electron chi connectivity index (χ4n) is 5.16. The maximum absolute atomic E-state index is 13.3. The summed E-state index contributed by atoms with van der Waals surface area (Å²) in [5.41, 5.74) is 2.77. The molecule has 38 heavy (non-hydrogen) atoms. The highest BCUT2D eigenvalue weighted by molar-refractivity contribution is 6.01. The Morgan fingerprint density at radius 3 is 2.39 bits per heavy atom. The fourth-order valence-corrected chi connectivity index (χ4v) is 5.16. The van der Waals surface area contributed by atoms with Gasteiger partial charge in [-0.1, -0.05) is 6.07 Å².